The van der Waals surface area contributed by atoms with Crippen LogP contribution >= 0.6 is 0 Å². The second-order valence-electron chi connectivity index (χ2n) is 6.53. The summed E-state index contributed by atoms with van der Waals surface area (Å²) >= 11 is 0. The lowest BCUT2D eigenvalue weighted by atomic mass is 9.93. The molecule has 0 saturated heterocycles. The molecule has 0 aromatic heterocycles. The molecule has 2 aromatic rings. The molecule has 3 nitrogen and oxygen atoms in total. The van der Waals surface area contributed by atoms with E-state index in [4.69, 9.17) is 0 Å². The predicted octanol–water partition coefficient (Wildman–Crippen LogP) is 2.90. The molecule has 2 aromatic carbocycles. The monoisotopic (exact) mass is 312 g/mol. The summed E-state index contributed by atoms with van der Waals surface area (Å²) in [6, 6.07) is 17.1. The van der Waals surface area contributed by atoms with E-state index in [2.05, 4.69) is 61.6 Å². The summed E-state index contributed by atoms with van der Waals surface area (Å²) in [6.07, 6.45) is -0.388. The van der Waals surface area contributed by atoms with Gasteiger partial charge in [0.25, 0.3) is 0 Å². The molecule has 0 aliphatic heterocycles. The smallest absolute Gasteiger partial charge is 0.0791 e. The van der Waals surface area contributed by atoms with Gasteiger partial charge in [0.15, 0.2) is 0 Å². The molecule has 2 unspecified atom stereocenters. The molecule has 0 aliphatic rings. The molecule has 3 heteroatoms. The first-order valence-corrected chi connectivity index (χ1v) is 8.15. The predicted molar refractivity (Wildman–Crippen MR) is 96.8 cm³/mol. The van der Waals surface area contributed by atoms with Gasteiger partial charge < -0.3 is 15.3 Å². The summed E-state index contributed by atoms with van der Waals surface area (Å²) in [6.45, 7) is 5.47. The summed E-state index contributed by atoms with van der Waals surface area (Å²) in [5.41, 5.74) is 5.01. The number of rotatable bonds is 7. The quantitative estimate of drug-likeness (QED) is 0.825. The fourth-order valence-electron chi connectivity index (χ4n) is 2.86. The first-order chi connectivity index (χ1) is 11.0. The van der Waals surface area contributed by atoms with Crippen LogP contribution < -0.4 is 5.32 Å². The lowest BCUT2D eigenvalue weighted by Crippen LogP contribution is -2.37. The fraction of sp³-hybridized carbons (Fsp3) is 0.400. The Morgan fingerprint density at radius 2 is 1.74 bits per heavy atom. The average Bonchev–Trinajstić information content (AvgIpc) is 2.51. The molecule has 0 heterocycles. The summed E-state index contributed by atoms with van der Waals surface area (Å²) in [5, 5.41) is 13.7. The minimum absolute atomic E-state index is 0.0907. The second-order valence-corrected chi connectivity index (χ2v) is 6.53. The van der Waals surface area contributed by atoms with Crippen molar-refractivity contribution in [2.75, 3.05) is 27.2 Å². The van der Waals surface area contributed by atoms with Gasteiger partial charge in [-0.3, -0.25) is 0 Å². The van der Waals surface area contributed by atoms with Crippen LogP contribution in [0.25, 0.3) is 0 Å². The third-order valence-electron chi connectivity index (χ3n) is 4.01. The number of hydrogen-bond donors (Lipinski definition) is 2. The van der Waals surface area contributed by atoms with Crippen molar-refractivity contribution in [2.24, 2.45) is 0 Å². The lowest BCUT2D eigenvalue weighted by molar-refractivity contribution is 0.133. The number of likely N-dealkylation sites (N-methyl/N-ethyl adjacent to an activating group) is 1. The van der Waals surface area contributed by atoms with Gasteiger partial charge in [0, 0.05) is 13.1 Å². The van der Waals surface area contributed by atoms with Gasteiger partial charge in [0.2, 0.25) is 0 Å². The van der Waals surface area contributed by atoms with E-state index < -0.39 is 0 Å². The van der Waals surface area contributed by atoms with E-state index in [-0.39, 0.29) is 12.1 Å². The highest BCUT2D eigenvalue weighted by Gasteiger charge is 2.17. The summed E-state index contributed by atoms with van der Waals surface area (Å²) in [5.74, 6) is 0. The molecule has 0 amide bonds. The summed E-state index contributed by atoms with van der Waals surface area (Å²) < 4.78 is 0. The zero-order valence-electron chi connectivity index (χ0n) is 14.6. The molecule has 0 saturated carbocycles. The van der Waals surface area contributed by atoms with Crippen molar-refractivity contribution >= 4 is 0 Å². The molecule has 0 bridgehead atoms. The Hall–Kier alpha value is -1.68. The highest BCUT2D eigenvalue weighted by molar-refractivity contribution is 5.39. The average molecular weight is 312 g/mol. The van der Waals surface area contributed by atoms with E-state index in [1.807, 2.05) is 25.1 Å². The van der Waals surface area contributed by atoms with Crippen LogP contribution in [-0.2, 0) is 0 Å². The fourth-order valence-corrected chi connectivity index (χ4v) is 2.86. The molecule has 2 rings (SSSR count). The van der Waals surface area contributed by atoms with Crippen LogP contribution in [0.1, 0.15) is 28.3 Å². The van der Waals surface area contributed by atoms with Crippen molar-refractivity contribution < 1.29 is 5.11 Å². The van der Waals surface area contributed by atoms with Crippen LogP contribution in [0.5, 0.6) is 0 Å². The number of aliphatic hydroxyl groups excluding tert-OH is 1. The van der Waals surface area contributed by atoms with Crippen molar-refractivity contribution in [3.05, 3.63) is 70.8 Å². The largest absolute Gasteiger partial charge is 0.390 e. The van der Waals surface area contributed by atoms with Crippen LogP contribution in [0.2, 0.25) is 0 Å². The Balaban J connectivity index is 2.24. The summed E-state index contributed by atoms with van der Waals surface area (Å²) in [4.78, 5) is 2.00. The molecule has 0 radical (unpaired) electrons. The first kappa shape index (κ1) is 17.7. The normalized spacial score (nSPS) is 14.0. The third-order valence-corrected chi connectivity index (χ3v) is 4.01. The molecule has 23 heavy (non-hydrogen) atoms. The SMILES string of the molecule is Cc1ccc(C)c(C(NCC(O)CN(C)C)c2ccccc2)c1. The topological polar surface area (TPSA) is 35.5 Å². The van der Waals surface area contributed by atoms with E-state index >= 15 is 0 Å². The Morgan fingerprint density at radius 1 is 1.04 bits per heavy atom. The number of aryl methyl sites for hydroxylation is 2. The number of benzene rings is 2. The standard InChI is InChI=1S/C20H28N2O/c1-15-10-11-16(2)19(12-15)20(17-8-6-5-7-9-17)21-13-18(23)14-22(3)4/h5-12,18,20-21,23H,13-14H2,1-4H3. The van der Waals surface area contributed by atoms with Crippen molar-refractivity contribution in [3.63, 3.8) is 0 Å². The molecule has 2 atom stereocenters. The zero-order valence-corrected chi connectivity index (χ0v) is 14.6. The van der Waals surface area contributed by atoms with Crippen LogP contribution in [-0.4, -0.2) is 43.3 Å². The molecule has 124 valence electrons. The van der Waals surface area contributed by atoms with Gasteiger partial charge in [-0.2, -0.15) is 0 Å². The molecule has 2 N–H and O–H groups in total. The number of hydrogen-bond acceptors (Lipinski definition) is 3. The van der Waals surface area contributed by atoms with Gasteiger partial charge in [-0.25, -0.2) is 0 Å². The van der Waals surface area contributed by atoms with Crippen molar-refractivity contribution in [1.82, 2.24) is 10.2 Å². The number of nitrogens with one attached hydrogen (secondary N) is 1. The number of nitrogens with zero attached hydrogens (tertiary/aromatic N) is 1. The first-order valence-electron chi connectivity index (χ1n) is 8.15. The van der Waals surface area contributed by atoms with Crippen molar-refractivity contribution in [3.8, 4) is 0 Å². The van der Waals surface area contributed by atoms with Gasteiger partial charge in [0.1, 0.15) is 0 Å². The molecule has 0 fully saturated rings. The third kappa shape index (κ3) is 5.17. The molecular weight excluding hydrogens is 284 g/mol. The van der Waals surface area contributed by atoms with Crippen LogP contribution in [0.15, 0.2) is 48.5 Å². The van der Waals surface area contributed by atoms with E-state index in [1.54, 1.807) is 0 Å². The maximum absolute atomic E-state index is 10.2. The Labute approximate surface area is 140 Å². The zero-order chi connectivity index (χ0) is 16.8. The van der Waals surface area contributed by atoms with Crippen LogP contribution in [0.3, 0.4) is 0 Å². The van der Waals surface area contributed by atoms with Crippen LogP contribution in [0.4, 0.5) is 0 Å². The molecular formula is C20H28N2O. The van der Waals surface area contributed by atoms with E-state index in [0.717, 1.165) is 0 Å². The minimum atomic E-state index is -0.388. The highest BCUT2D eigenvalue weighted by Crippen LogP contribution is 2.25. The van der Waals surface area contributed by atoms with Crippen molar-refractivity contribution in [1.29, 1.82) is 0 Å². The van der Waals surface area contributed by atoms with Gasteiger partial charge in [-0.15, -0.1) is 0 Å². The van der Waals surface area contributed by atoms with Gasteiger partial charge in [-0.05, 0) is 44.6 Å². The second kappa shape index (κ2) is 8.25. The lowest BCUT2D eigenvalue weighted by Gasteiger charge is -2.24. The Kier molecular flexibility index (Phi) is 6.34. The highest BCUT2D eigenvalue weighted by atomic mass is 16.3. The van der Waals surface area contributed by atoms with E-state index in [1.165, 1.54) is 22.3 Å². The summed E-state index contributed by atoms with van der Waals surface area (Å²) in [7, 11) is 3.95. The number of aliphatic hydroxyl groups is 1. The van der Waals surface area contributed by atoms with Gasteiger partial charge in [0.05, 0.1) is 12.1 Å². The van der Waals surface area contributed by atoms with Gasteiger partial charge in [-0.1, -0.05) is 54.1 Å². The Morgan fingerprint density at radius 3 is 2.39 bits per heavy atom. The van der Waals surface area contributed by atoms with Gasteiger partial charge >= 0.3 is 0 Å². The maximum atomic E-state index is 10.2. The van der Waals surface area contributed by atoms with Crippen LogP contribution in [0, 0.1) is 13.8 Å². The Bertz CT molecular complexity index is 610. The minimum Gasteiger partial charge on any atom is -0.390 e. The molecule has 0 aliphatic carbocycles. The maximum Gasteiger partial charge on any atom is 0.0791 e. The molecule has 0 spiro atoms. The van der Waals surface area contributed by atoms with E-state index in [9.17, 15) is 5.11 Å². The van der Waals surface area contributed by atoms with Crippen molar-refractivity contribution in [2.45, 2.75) is 26.0 Å². The van der Waals surface area contributed by atoms with E-state index in [0.29, 0.717) is 13.1 Å².